The Hall–Kier alpha value is -3.38. The quantitative estimate of drug-likeness (QED) is 0.570. The predicted molar refractivity (Wildman–Crippen MR) is 123 cm³/mol. The van der Waals surface area contributed by atoms with E-state index in [1.807, 2.05) is 36.4 Å². The zero-order valence-electron chi connectivity index (χ0n) is 18.1. The van der Waals surface area contributed by atoms with Crippen LogP contribution >= 0.6 is 0 Å². The minimum atomic E-state index is -0.284. The van der Waals surface area contributed by atoms with E-state index >= 15 is 0 Å². The van der Waals surface area contributed by atoms with Crippen molar-refractivity contribution in [1.29, 1.82) is 0 Å². The number of piperidine rings is 1. The molecule has 0 atom stereocenters. The number of carbonyl (C=O) groups excluding carboxylic acids is 1. The van der Waals surface area contributed by atoms with Crippen molar-refractivity contribution in [3.63, 3.8) is 0 Å². The number of likely N-dealkylation sites (tertiary alicyclic amines) is 1. The van der Waals surface area contributed by atoms with Gasteiger partial charge in [-0.05, 0) is 79.0 Å². The Labute approximate surface area is 187 Å². The summed E-state index contributed by atoms with van der Waals surface area (Å²) in [6.45, 7) is 2.35. The lowest BCUT2D eigenvalue weighted by atomic mass is 9.95. The van der Waals surface area contributed by atoms with E-state index in [-0.39, 0.29) is 23.4 Å². The number of nitrogens with zero attached hydrogens (tertiary/aromatic N) is 1. The number of carbonyl (C=O) groups is 1. The van der Waals surface area contributed by atoms with Crippen LogP contribution in [0.3, 0.4) is 0 Å². The maximum absolute atomic E-state index is 13.5. The number of phenols is 1. The monoisotopic (exact) mass is 434 g/mol. The number of benzene rings is 3. The fraction of sp³-hybridized carbons (Fsp3) is 0.269. The first kappa shape index (κ1) is 21.8. The number of halogens is 1. The Kier molecular flexibility index (Phi) is 6.71. The summed E-state index contributed by atoms with van der Waals surface area (Å²) in [7, 11) is 1.53. The SMILES string of the molecule is COc1ccc(CN2CCC(C(=O)Nc3cccc(-c4cccc(F)c4)c3)CC2)cc1O. The van der Waals surface area contributed by atoms with Crippen molar-refractivity contribution in [2.45, 2.75) is 19.4 Å². The highest BCUT2D eigenvalue weighted by Crippen LogP contribution is 2.28. The lowest BCUT2D eigenvalue weighted by Crippen LogP contribution is -2.37. The fourth-order valence-corrected chi connectivity index (χ4v) is 4.13. The molecule has 1 aliphatic heterocycles. The fourth-order valence-electron chi connectivity index (χ4n) is 4.13. The molecule has 0 unspecified atom stereocenters. The molecule has 0 radical (unpaired) electrons. The topological polar surface area (TPSA) is 61.8 Å². The van der Waals surface area contributed by atoms with E-state index in [0.29, 0.717) is 11.4 Å². The summed E-state index contributed by atoms with van der Waals surface area (Å²) in [5.41, 5.74) is 3.37. The minimum Gasteiger partial charge on any atom is -0.504 e. The van der Waals surface area contributed by atoms with Crippen molar-refractivity contribution >= 4 is 11.6 Å². The van der Waals surface area contributed by atoms with Crippen LogP contribution < -0.4 is 10.1 Å². The van der Waals surface area contributed by atoms with Crippen molar-refractivity contribution in [1.82, 2.24) is 4.90 Å². The molecule has 1 aliphatic rings. The van der Waals surface area contributed by atoms with Gasteiger partial charge in [-0.25, -0.2) is 4.39 Å². The van der Waals surface area contributed by atoms with Gasteiger partial charge < -0.3 is 15.2 Å². The molecule has 6 heteroatoms. The van der Waals surface area contributed by atoms with Gasteiger partial charge in [-0.15, -0.1) is 0 Å². The second-order valence-electron chi connectivity index (χ2n) is 8.14. The maximum atomic E-state index is 13.5. The second-order valence-corrected chi connectivity index (χ2v) is 8.14. The van der Waals surface area contributed by atoms with E-state index in [1.54, 1.807) is 18.2 Å². The summed E-state index contributed by atoms with van der Waals surface area (Å²) < 4.78 is 18.6. The maximum Gasteiger partial charge on any atom is 0.227 e. The molecule has 32 heavy (non-hydrogen) atoms. The van der Waals surface area contributed by atoms with Gasteiger partial charge in [0.2, 0.25) is 5.91 Å². The summed E-state index contributed by atoms with van der Waals surface area (Å²) in [6.07, 6.45) is 1.55. The number of phenolic OH excluding ortho intramolecular Hbond substituents is 1. The summed E-state index contributed by atoms with van der Waals surface area (Å²) in [5, 5.41) is 13.0. The molecule has 5 nitrogen and oxygen atoms in total. The molecule has 0 aliphatic carbocycles. The molecule has 0 spiro atoms. The third kappa shape index (κ3) is 5.26. The van der Waals surface area contributed by atoms with E-state index in [0.717, 1.165) is 49.2 Å². The van der Waals surface area contributed by atoms with E-state index < -0.39 is 0 Å². The molecule has 1 amide bonds. The highest BCUT2D eigenvalue weighted by Gasteiger charge is 2.25. The first-order valence-electron chi connectivity index (χ1n) is 10.8. The van der Waals surface area contributed by atoms with Crippen LogP contribution in [0.4, 0.5) is 10.1 Å². The average Bonchev–Trinajstić information content (AvgIpc) is 2.80. The highest BCUT2D eigenvalue weighted by molar-refractivity contribution is 5.93. The number of hydrogen-bond acceptors (Lipinski definition) is 4. The number of methoxy groups -OCH3 is 1. The molecule has 3 aromatic rings. The number of anilines is 1. The molecule has 166 valence electrons. The number of nitrogens with one attached hydrogen (secondary N) is 1. The van der Waals surface area contributed by atoms with E-state index in [2.05, 4.69) is 10.2 Å². The average molecular weight is 435 g/mol. The Morgan fingerprint density at radius 1 is 1.06 bits per heavy atom. The third-order valence-corrected chi connectivity index (χ3v) is 5.90. The largest absolute Gasteiger partial charge is 0.504 e. The lowest BCUT2D eigenvalue weighted by molar-refractivity contribution is -0.121. The second kappa shape index (κ2) is 9.83. The molecule has 0 bridgehead atoms. The molecular weight excluding hydrogens is 407 g/mol. The van der Waals surface area contributed by atoms with Crippen LogP contribution in [0.2, 0.25) is 0 Å². The zero-order valence-corrected chi connectivity index (χ0v) is 18.1. The molecule has 1 heterocycles. The van der Waals surface area contributed by atoms with Gasteiger partial charge in [-0.3, -0.25) is 9.69 Å². The summed E-state index contributed by atoms with van der Waals surface area (Å²) >= 11 is 0. The molecule has 0 saturated carbocycles. The van der Waals surface area contributed by atoms with Crippen molar-refractivity contribution in [3.8, 4) is 22.6 Å². The molecule has 4 rings (SSSR count). The van der Waals surface area contributed by atoms with Crippen LogP contribution in [0.15, 0.2) is 66.7 Å². The van der Waals surface area contributed by atoms with E-state index in [4.69, 9.17) is 4.74 Å². The van der Waals surface area contributed by atoms with Crippen molar-refractivity contribution in [3.05, 3.63) is 78.1 Å². The molecule has 0 aromatic heterocycles. The van der Waals surface area contributed by atoms with Gasteiger partial charge in [0.1, 0.15) is 5.82 Å². The Balaban J connectivity index is 1.32. The third-order valence-electron chi connectivity index (χ3n) is 5.90. The van der Waals surface area contributed by atoms with Crippen molar-refractivity contribution < 1.29 is 19.0 Å². The van der Waals surface area contributed by atoms with Gasteiger partial charge in [0.25, 0.3) is 0 Å². The van der Waals surface area contributed by atoms with Crippen LogP contribution in [0, 0.1) is 11.7 Å². The highest BCUT2D eigenvalue weighted by atomic mass is 19.1. The van der Waals surface area contributed by atoms with Gasteiger partial charge in [0, 0.05) is 18.2 Å². The molecule has 3 aromatic carbocycles. The number of aromatic hydroxyl groups is 1. The normalized spacial score (nSPS) is 14.8. The van der Waals surface area contributed by atoms with Crippen molar-refractivity contribution in [2.24, 2.45) is 5.92 Å². The zero-order chi connectivity index (χ0) is 22.5. The van der Waals surface area contributed by atoms with Crippen LogP contribution in [-0.4, -0.2) is 36.1 Å². The predicted octanol–water partition coefficient (Wildman–Crippen LogP) is 5.06. The van der Waals surface area contributed by atoms with Crippen LogP contribution in [0.5, 0.6) is 11.5 Å². The number of hydrogen-bond donors (Lipinski definition) is 2. The van der Waals surface area contributed by atoms with Gasteiger partial charge in [0.15, 0.2) is 11.5 Å². The minimum absolute atomic E-state index is 0.0168. The smallest absolute Gasteiger partial charge is 0.227 e. The van der Waals surface area contributed by atoms with Crippen molar-refractivity contribution in [2.75, 3.05) is 25.5 Å². The summed E-state index contributed by atoms with van der Waals surface area (Å²) in [6, 6.07) is 19.4. The Bertz CT molecular complexity index is 1090. The molecule has 1 fully saturated rings. The first-order chi connectivity index (χ1) is 15.5. The molecule has 2 N–H and O–H groups in total. The van der Waals surface area contributed by atoms with Gasteiger partial charge in [-0.2, -0.15) is 0 Å². The standard InChI is InChI=1S/C26H27FN2O3/c1-32-25-9-8-18(14-24(25)30)17-29-12-10-19(11-13-29)26(31)28-23-7-3-5-21(16-23)20-4-2-6-22(27)15-20/h2-9,14-16,19,30H,10-13,17H2,1H3,(H,28,31). The van der Waals surface area contributed by atoms with E-state index in [9.17, 15) is 14.3 Å². The van der Waals surface area contributed by atoms with Gasteiger partial charge in [0.05, 0.1) is 7.11 Å². The van der Waals surface area contributed by atoms with E-state index in [1.165, 1.54) is 19.2 Å². The Morgan fingerprint density at radius 3 is 2.47 bits per heavy atom. The molecular formula is C26H27FN2O3. The Morgan fingerprint density at radius 2 is 1.78 bits per heavy atom. The van der Waals surface area contributed by atoms with Gasteiger partial charge >= 0.3 is 0 Å². The van der Waals surface area contributed by atoms with Gasteiger partial charge in [-0.1, -0.05) is 30.3 Å². The summed E-state index contributed by atoms with van der Waals surface area (Å²) in [5.74, 6) is 0.287. The molecule has 1 saturated heterocycles. The number of ether oxygens (including phenoxy) is 1. The lowest BCUT2D eigenvalue weighted by Gasteiger charge is -2.31. The summed E-state index contributed by atoms with van der Waals surface area (Å²) in [4.78, 5) is 15.1. The van der Waals surface area contributed by atoms with Crippen LogP contribution in [0.1, 0.15) is 18.4 Å². The van der Waals surface area contributed by atoms with Crippen LogP contribution in [0.25, 0.3) is 11.1 Å². The first-order valence-corrected chi connectivity index (χ1v) is 10.8. The number of amides is 1. The van der Waals surface area contributed by atoms with Crippen LogP contribution in [-0.2, 0) is 11.3 Å². The number of rotatable bonds is 6.